The van der Waals surface area contributed by atoms with Crippen molar-refractivity contribution in [3.05, 3.63) is 29.6 Å². The molecule has 1 aromatic rings. The van der Waals surface area contributed by atoms with E-state index in [4.69, 9.17) is 9.47 Å². The molecule has 0 aliphatic carbocycles. The lowest BCUT2D eigenvalue weighted by molar-refractivity contribution is -0.140. The van der Waals surface area contributed by atoms with Gasteiger partial charge in [-0.2, -0.15) is 13.2 Å². The first-order valence-electron chi connectivity index (χ1n) is 6.61. The second-order valence-corrected chi connectivity index (χ2v) is 4.54. The van der Waals surface area contributed by atoms with Crippen LogP contribution in [0.4, 0.5) is 17.6 Å². The van der Waals surface area contributed by atoms with Crippen LogP contribution in [0.3, 0.4) is 0 Å². The van der Waals surface area contributed by atoms with E-state index in [1.807, 2.05) is 6.92 Å². The Morgan fingerprint density at radius 3 is 2.57 bits per heavy atom. The molecular formula is C14H19F4NO2. The van der Waals surface area contributed by atoms with E-state index in [1.165, 1.54) is 13.2 Å². The summed E-state index contributed by atoms with van der Waals surface area (Å²) in [5.41, 5.74) is -1.34. The summed E-state index contributed by atoms with van der Waals surface area (Å²) in [6, 6.07) is 2.59. The molecule has 1 unspecified atom stereocenters. The van der Waals surface area contributed by atoms with Crippen LogP contribution in [-0.4, -0.2) is 32.9 Å². The Bertz CT molecular complexity index is 437. The van der Waals surface area contributed by atoms with Crippen molar-refractivity contribution < 1.29 is 27.0 Å². The first-order valence-corrected chi connectivity index (χ1v) is 6.61. The van der Waals surface area contributed by atoms with Crippen molar-refractivity contribution in [2.75, 3.05) is 26.8 Å². The molecule has 0 spiro atoms. The molecule has 1 rings (SSSR count). The monoisotopic (exact) mass is 309 g/mol. The molecular weight excluding hydrogens is 290 g/mol. The van der Waals surface area contributed by atoms with Gasteiger partial charge in [0.25, 0.3) is 0 Å². The summed E-state index contributed by atoms with van der Waals surface area (Å²) in [4.78, 5) is 0. The quantitative estimate of drug-likeness (QED) is 0.591. The van der Waals surface area contributed by atoms with Crippen LogP contribution in [0, 0.1) is 5.82 Å². The molecule has 0 fully saturated rings. The van der Waals surface area contributed by atoms with E-state index in [0.29, 0.717) is 12.6 Å². The number of hydrogen-bond acceptors (Lipinski definition) is 3. The molecule has 21 heavy (non-hydrogen) atoms. The Labute approximate surface area is 121 Å². The first-order chi connectivity index (χ1) is 9.88. The maximum Gasteiger partial charge on any atom is 0.419 e. The topological polar surface area (TPSA) is 30.5 Å². The van der Waals surface area contributed by atoms with Crippen molar-refractivity contribution >= 4 is 0 Å². The fraction of sp³-hybridized carbons (Fsp3) is 0.571. The maximum absolute atomic E-state index is 13.2. The van der Waals surface area contributed by atoms with Crippen molar-refractivity contribution in [1.29, 1.82) is 0 Å². The van der Waals surface area contributed by atoms with E-state index in [0.717, 1.165) is 19.0 Å². The molecule has 0 heterocycles. The molecule has 7 heteroatoms. The van der Waals surface area contributed by atoms with Gasteiger partial charge in [0, 0.05) is 13.7 Å². The minimum absolute atomic E-state index is 0.0379. The van der Waals surface area contributed by atoms with Gasteiger partial charge in [0.05, 0.1) is 12.2 Å². The molecule has 0 bridgehead atoms. The summed E-state index contributed by atoms with van der Waals surface area (Å²) in [6.07, 6.45) is -4.28. The lowest BCUT2D eigenvalue weighted by Crippen LogP contribution is -2.35. The average molecular weight is 309 g/mol. The van der Waals surface area contributed by atoms with Gasteiger partial charge in [-0.1, -0.05) is 6.92 Å². The highest BCUT2D eigenvalue weighted by atomic mass is 19.4. The largest absolute Gasteiger partial charge is 0.487 e. The van der Waals surface area contributed by atoms with Crippen LogP contribution < -0.4 is 10.1 Å². The van der Waals surface area contributed by atoms with Crippen LogP contribution in [0.1, 0.15) is 18.9 Å². The van der Waals surface area contributed by atoms with E-state index in [1.54, 1.807) is 0 Å². The minimum atomic E-state index is -4.75. The number of alkyl halides is 3. The van der Waals surface area contributed by atoms with Crippen molar-refractivity contribution in [1.82, 2.24) is 5.32 Å². The van der Waals surface area contributed by atoms with E-state index in [2.05, 4.69) is 5.32 Å². The average Bonchev–Trinajstić information content (AvgIpc) is 2.40. The molecule has 3 nitrogen and oxygen atoms in total. The Morgan fingerprint density at radius 2 is 2.00 bits per heavy atom. The summed E-state index contributed by atoms with van der Waals surface area (Å²) in [5.74, 6) is -1.36. The van der Waals surface area contributed by atoms with Crippen molar-refractivity contribution in [2.45, 2.75) is 25.6 Å². The smallest absolute Gasteiger partial charge is 0.419 e. The van der Waals surface area contributed by atoms with Gasteiger partial charge in [-0.05, 0) is 31.2 Å². The maximum atomic E-state index is 13.2. The Kier molecular flexibility index (Phi) is 6.91. The van der Waals surface area contributed by atoms with Gasteiger partial charge in [0.15, 0.2) is 0 Å². The summed E-state index contributed by atoms with van der Waals surface area (Å²) in [7, 11) is 1.47. The molecule has 120 valence electrons. The summed E-state index contributed by atoms with van der Waals surface area (Å²) >= 11 is 0. The van der Waals surface area contributed by atoms with E-state index >= 15 is 0 Å². The zero-order valence-electron chi connectivity index (χ0n) is 12.0. The molecule has 0 radical (unpaired) electrons. The fourth-order valence-electron chi connectivity index (χ4n) is 1.75. The number of benzene rings is 1. The molecule has 1 atom stereocenters. The highest BCUT2D eigenvalue weighted by Gasteiger charge is 2.34. The molecule has 0 amide bonds. The fourth-order valence-corrected chi connectivity index (χ4v) is 1.75. The Hall–Kier alpha value is -1.34. The summed E-state index contributed by atoms with van der Waals surface area (Å²) in [6.45, 7) is 3.41. The van der Waals surface area contributed by atoms with Gasteiger partial charge in [0.2, 0.25) is 0 Å². The molecule has 0 aromatic heterocycles. The number of nitrogens with one attached hydrogen (secondary N) is 1. The summed E-state index contributed by atoms with van der Waals surface area (Å²) < 4.78 is 61.5. The predicted octanol–water partition coefficient (Wildman–Crippen LogP) is 3.24. The van der Waals surface area contributed by atoms with Crippen LogP contribution in [-0.2, 0) is 10.9 Å². The van der Waals surface area contributed by atoms with Gasteiger partial charge >= 0.3 is 6.18 Å². The van der Waals surface area contributed by atoms with Gasteiger partial charge in [-0.15, -0.1) is 0 Å². The third kappa shape index (κ3) is 5.89. The molecule has 1 N–H and O–H groups in total. The second kappa shape index (κ2) is 8.19. The van der Waals surface area contributed by atoms with Crippen LogP contribution >= 0.6 is 0 Å². The molecule has 0 saturated carbocycles. The SMILES string of the molecule is CCCNCC(COC)Oc1ccc(F)c(C(F)(F)F)c1. The first kappa shape index (κ1) is 17.7. The molecule has 0 saturated heterocycles. The Morgan fingerprint density at radius 1 is 1.29 bits per heavy atom. The number of halogens is 4. The van der Waals surface area contributed by atoms with Crippen LogP contribution in [0.5, 0.6) is 5.75 Å². The van der Waals surface area contributed by atoms with Gasteiger partial charge in [-0.3, -0.25) is 0 Å². The van der Waals surface area contributed by atoms with Crippen molar-refractivity contribution in [3.63, 3.8) is 0 Å². The predicted molar refractivity (Wildman–Crippen MR) is 70.9 cm³/mol. The lowest BCUT2D eigenvalue weighted by atomic mass is 10.2. The van der Waals surface area contributed by atoms with Crippen LogP contribution in [0.25, 0.3) is 0 Å². The zero-order valence-corrected chi connectivity index (χ0v) is 12.0. The van der Waals surface area contributed by atoms with Gasteiger partial charge in [0.1, 0.15) is 17.7 Å². The standard InChI is InChI=1S/C14H19F4NO2/c1-3-6-19-8-11(9-20-2)21-10-4-5-13(15)12(7-10)14(16,17)18/h4-5,7,11,19H,3,6,8-9H2,1-2H3. The molecule has 0 aliphatic heterocycles. The Balaban J connectivity index is 2.79. The van der Waals surface area contributed by atoms with Crippen molar-refractivity contribution in [3.8, 4) is 5.75 Å². The van der Waals surface area contributed by atoms with E-state index in [-0.39, 0.29) is 12.4 Å². The zero-order chi connectivity index (χ0) is 15.9. The number of ether oxygens (including phenoxy) is 2. The van der Waals surface area contributed by atoms with E-state index < -0.39 is 23.7 Å². The number of hydrogen-bond donors (Lipinski definition) is 1. The lowest BCUT2D eigenvalue weighted by Gasteiger charge is -2.20. The highest BCUT2D eigenvalue weighted by molar-refractivity contribution is 5.31. The molecule has 0 aliphatic rings. The van der Waals surface area contributed by atoms with Crippen molar-refractivity contribution in [2.24, 2.45) is 0 Å². The molecule has 1 aromatic carbocycles. The van der Waals surface area contributed by atoms with Gasteiger partial charge < -0.3 is 14.8 Å². The number of methoxy groups -OCH3 is 1. The normalized spacial score (nSPS) is 13.2. The second-order valence-electron chi connectivity index (χ2n) is 4.54. The third-order valence-electron chi connectivity index (χ3n) is 2.70. The number of rotatable bonds is 8. The minimum Gasteiger partial charge on any atom is -0.487 e. The van der Waals surface area contributed by atoms with Gasteiger partial charge in [-0.25, -0.2) is 4.39 Å². The summed E-state index contributed by atoms with van der Waals surface area (Å²) in [5, 5.41) is 3.10. The van der Waals surface area contributed by atoms with E-state index in [9.17, 15) is 17.6 Å². The van der Waals surface area contributed by atoms with Crippen LogP contribution in [0.2, 0.25) is 0 Å². The third-order valence-corrected chi connectivity index (χ3v) is 2.70. The highest BCUT2D eigenvalue weighted by Crippen LogP contribution is 2.33. The van der Waals surface area contributed by atoms with Crippen LogP contribution in [0.15, 0.2) is 18.2 Å².